The minimum Gasteiger partial charge on any atom is -0.0622 e. The Morgan fingerprint density at radius 3 is 2.04 bits per heavy atom. The van der Waals surface area contributed by atoms with Crippen LogP contribution in [0, 0.1) is 13.8 Å². The number of aryl methyl sites for hydroxylation is 1. The second kappa shape index (κ2) is 5.32. The molecule has 0 heterocycles. The van der Waals surface area contributed by atoms with Crippen molar-refractivity contribution in [3.05, 3.63) is 107 Å². The molecule has 0 spiro atoms. The van der Waals surface area contributed by atoms with E-state index in [2.05, 4.69) is 92.7 Å². The molecule has 0 amide bonds. The van der Waals surface area contributed by atoms with Gasteiger partial charge in [0, 0.05) is 5.92 Å². The van der Waals surface area contributed by atoms with Gasteiger partial charge in [-0.25, -0.2) is 0 Å². The van der Waals surface area contributed by atoms with Gasteiger partial charge in [-0.2, -0.15) is 0 Å². The summed E-state index contributed by atoms with van der Waals surface area (Å²) >= 11 is 0. The molecule has 25 heavy (non-hydrogen) atoms. The lowest BCUT2D eigenvalue weighted by Crippen LogP contribution is -2.01. The zero-order valence-corrected chi connectivity index (χ0v) is 14.6. The van der Waals surface area contributed by atoms with Crippen molar-refractivity contribution in [3.63, 3.8) is 0 Å². The maximum atomic E-state index is 2.30. The summed E-state index contributed by atoms with van der Waals surface area (Å²) in [7, 11) is 0. The van der Waals surface area contributed by atoms with E-state index in [1.807, 2.05) is 0 Å². The molecule has 0 nitrogen and oxygen atoms in total. The Morgan fingerprint density at radius 2 is 1.24 bits per heavy atom. The van der Waals surface area contributed by atoms with E-state index < -0.39 is 0 Å². The second-order valence-corrected chi connectivity index (χ2v) is 7.02. The Hall–Kier alpha value is -2.86. The molecular weight excluding hydrogens is 300 g/mol. The Bertz CT molecular complexity index is 1100. The van der Waals surface area contributed by atoms with Gasteiger partial charge >= 0.3 is 0 Å². The van der Waals surface area contributed by atoms with Crippen LogP contribution in [-0.4, -0.2) is 0 Å². The molecule has 1 atom stereocenters. The molecule has 0 heteroatoms. The molecule has 1 aliphatic rings. The van der Waals surface area contributed by atoms with Crippen LogP contribution in [0.3, 0.4) is 0 Å². The third-order valence-electron chi connectivity index (χ3n) is 5.79. The molecule has 1 aliphatic carbocycles. The van der Waals surface area contributed by atoms with E-state index in [1.54, 1.807) is 0 Å². The van der Waals surface area contributed by atoms with Crippen LogP contribution in [0.2, 0.25) is 0 Å². The smallest absolute Gasteiger partial charge is 0.0358 e. The number of benzene rings is 4. The van der Waals surface area contributed by atoms with Crippen molar-refractivity contribution in [1.82, 2.24) is 0 Å². The van der Waals surface area contributed by atoms with Crippen LogP contribution in [0.25, 0.3) is 21.9 Å². The van der Waals surface area contributed by atoms with Crippen molar-refractivity contribution in [3.8, 4) is 11.1 Å². The monoisotopic (exact) mass is 320 g/mol. The van der Waals surface area contributed by atoms with E-state index >= 15 is 0 Å². The average Bonchev–Trinajstić information content (AvgIpc) is 3.02. The lowest BCUT2D eigenvalue weighted by molar-refractivity contribution is 1.02. The number of hydrogen-bond donors (Lipinski definition) is 0. The van der Waals surface area contributed by atoms with E-state index in [1.165, 1.54) is 49.7 Å². The highest BCUT2D eigenvalue weighted by molar-refractivity contribution is 6.00. The molecule has 120 valence electrons. The Balaban J connectivity index is 1.97. The summed E-state index contributed by atoms with van der Waals surface area (Å²) in [6.45, 7) is 4.54. The van der Waals surface area contributed by atoms with Gasteiger partial charge in [-0.15, -0.1) is 0 Å². The van der Waals surface area contributed by atoms with Crippen LogP contribution >= 0.6 is 0 Å². The zero-order chi connectivity index (χ0) is 17.0. The van der Waals surface area contributed by atoms with Gasteiger partial charge in [-0.05, 0) is 63.6 Å². The van der Waals surface area contributed by atoms with E-state index in [4.69, 9.17) is 0 Å². The lowest BCUT2D eigenvalue weighted by Gasteiger charge is -2.19. The van der Waals surface area contributed by atoms with Crippen LogP contribution in [0.5, 0.6) is 0 Å². The maximum Gasteiger partial charge on any atom is 0.0358 e. The van der Waals surface area contributed by atoms with Gasteiger partial charge in [-0.1, -0.05) is 78.9 Å². The highest BCUT2D eigenvalue weighted by Crippen LogP contribution is 2.52. The van der Waals surface area contributed by atoms with Crippen LogP contribution in [-0.2, 0) is 0 Å². The summed E-state index contributed by atoms with van der Waals surface area (Å²) in [4.78, 5) is 0. The molecule has 0 N–H and O–H groups in total. The first-order valence-corrected chi connectivity index (χ1v) is 8.93. The predicted octanol–water partition coefficient (Wildman–Crippen LogP) is 6.62. The van der Waals surface area contributed by atoms with Crippen LogP contribution in [0.1, 0.15) is 33.7 Å². The molecule has 0 bridgehead atoms. The number of rotatable bonds is 1. The van der Waals surface area contributed by atoms with Crippen molar-refractivity contribution in [2.45, 2.75) is 19.8 Å². The first-order chi connectivity index (χ1) is 12.3. The molecule has 4 aromatic rings. The molecule has 0 saturated heterocycles. The van der Waals surface area contributed by atoms with Crippen molar-refractivity contribution in [2.75, 3.05) is 0 Å². The molecule has 5 rings (SSSR count). The van der Waals surface area contributed by atoms with Crippen LogP contribution < -0.4 is 0 Å². The Kier molecular flexibility index (Phi) is 3.08. The predicted molar refractivity (Wildman–Crippen MR) is 106 cm³/mol. The van der Waals surface area contributed by atoms with E-state index in [9.17, 15) is 0 Å². The molecule has 0 saturated carbocycles. The largest absolute Gasteiger partial charge is 0.0622 e. The fraction of sp³-hybridized carbons (Fsp3) is 0.120. The SMILES string of the molecule is Cc1c2c(c3ccccc3c1C)C(c1ccccc1)c1ccccc1-2. The van der Waals surface area contributed by atoms with E-state index in [0.29, 0.717) is 5.92 Å². The van der Waals surface area contributed by atoms with Gasteiger partial charge in [0.05, 0.1) is 0 Å². The molecule has 0 radical (unpaired) electrons. The van der Waals surface area contributed by atoms with Crippen molar-refractivity contribution < 1.29 is 0 Å². The average molecular weight is 320 g/mol. The van der Waals surface area contributed by atoms with Gasteiger partial charge in [-0.3, -0.25) is 0 Å². The zero-order valence-electron chi connectivity index (χ0n) is 14.6. The Morgan fingerprint density at radius 1 is 0.600 bits per heavy atom. The second-order valence-electron chi connectivity index (χ2n) is 7.02. The highest BCUT2D eigenvalue weighted by Gasteiger charge is 2.33. The highest BCUT2D eigenvalue weighted by atomic mass is 14.4. The standard InChI is InChI=1S/C25H20/c1-16-17(2)23-21-14-8-9-15-22(21)24(18-10-4-3-5-11-18)25(23)20-13-7-6-12-19(16)20/h3-15,24H,1-2H3. The molecule has 0 aliphatic heterocycles. The quantitative estimate of drug-likeness (QED) is 0.326. The maximum absolute atomic E-state index is 2.30. The van der Waals surface area contributed by atoms with Gasteiger partial charge in [0.1, 0.15) is 0 Å². The third-order valence-corrected chi connectivity index (χ3v) is 5.79. The topological polar surface area (TPSA) is 0 Å². The summed E-state index contributed by atoms with van der Waals surface area (Å²) in [5.74, 6) is 0.316. The fourth-order valence-electron chi connectivity index (χ4n) is 4.54. The summed E-state index contributed by atoms with van der Waals surface area (Å²) in [5, 5.41) is 2.78. The van der Waals surface area contributed by atoms with Gasteiger partial charge < -0.3 is 0 Å². The molecule has 1 unspecified atom stereocenters. The van der Waals surface area contributed by atoms with Gasteiger partial charge in [0.25, 0.3) is 0 Å². The molecular formula is C25H20. The minimum absolute atomic E-state index is 0.316. The Labute approximate surface area is 148 Å². The van der Waals surface area contributed by atoms with E-state index in [0.717, 1.165) is 0 Å². The molecule has 0 fully saturated rings. The summed E-state index contributed by atoms with van der Waals surface area (Å²) in [5.41, 5.74) is 9.95. The van der Waals surface area contributed by atoms with Crippen molar-refractivity contribution in [1.29, 1.82) is 0 Å². The molecule has 0 aromatic heterocycles. The van der Waals surface area contributed by atoms with Crippen molar-refractivity contribution >= 4 is 10.8 Å². The van der Waals surface area contributed by atoms with Crippen LogP contribution in [0.15, 0.2) is 78.9 Å². The molecule has 4 aromatic carbocycles. The summed E-state index contributed by atoms with van der Waals surface area (Å²) in [6.07, 6.45) is 0. The first kappa shape index (κ1) is 14.5. The van der Waals surface area contributed by atoms with Gasteiger partial charge in [0.15, 0.2) is 0 Å². The lowest BCUT2D eigenvalue weighted by atomic mass is 9.84. The first-order valence-electron chi connectivity index (χ1n) is 8.93. The van der Waals surface area contributed by atoms with Crippen molar-refractivity contribution in [2.24, 2.45) is 0 Å². The number of hydrogen-bond acceptors (Lipinski definition) is 0. The minimum atomic E-state index is 0.316. The fourth-order valence-corrected chi connectivity index (χ4v) is 4.54. The van der Waals surface area contributed by atoms with E-state index in [-0.39, 0.29) is 0 Å². The summed E-state index contributed by atoms with van der Waals surface area (Å²) in [6, 6.07) is 28.7. The normalized spacial score (nSPS) is 15.2. The van der Waals surface area contributed by atoms with Gasteiger partial charge in [0.2, 0.25) is 0 Å². The number of fused-ring (bicyclic) bond motifs is 5. The van der Waals surface area contributed by atoms with Crippen LogP contribution in [0.4, 0.5) is 0 Å². The third kappa shape index (κ3) is 1.94. The summed E-state index contributed by atoms with van der Waals surface area (Å²) < 4.78 is 0.